The number of hydrogen-bond donors (Lipinski definition) is 3. The fourth-order valence-corrected chi connectivity index (χ4v) is 4.03. The standard InChI is InChI=1S/C24H24FN5OS/c1-24(2,3)14-27-32-23(31)29-19-9-8-18-20(15-10-12-26-13-11-15)21(30-22(18)28-19)16-4-6-17(25)7-5-16/h4-13,27H,14H2,1-3H3,(H2,28,29,30,31). The number of benzene rings is 1. The van der Waals surface area contributed by atoms with Gasteiger partial charge in [0.15, 0.2) is 0 Å². The quantitative estimate of drug-likeness (QED) is 0.314. The van der Waals surface area contributed by atoms with Crippen LogP contribution in [0.2, 0.25) is 0 Å². The largest absolute Gasteiger partial charge is 0.339 e. The number of carbonyl (C=O) groups excluding carboxylic acids is 1. The number of rotatable bonds is 5. The van der Waals surface area contributed by atoms with Crippen molar-refractivity contribution in [1.82, 2.24) is 19.7 Å². The molecule has 6 nitrogen and oxygen atoms in total. The molecule has 0 bridgehead atoms. The zero-order valence-corrected chi connectivity index (χ0v) is 18.9. The van der Waals surface area contributed by atoms with E-state index < -0.39 is 0 Å². The average Bonchev–Trinajstić information content (AvgIpc) is 3.12. The van der Waals surface area contributed by atoms with Gasteiger partial charge >= 0.3 is 0 Å². The summed E-state index contributed by atoms with van der Waals surface area (Å²) in [5.41, 5.74) is 4.27. The van der Waals surface area contributed by atoms with Gasteiger partial charge in [-0.05, 0) is 65.1 Å². The van der Waals surface area contributed by atoms with E-state index in [4.69, 9.17) is 0 Å². The molecule has 0 aliphatic carbocycles. The number of nitrogens with zero attached hydrogens (tertiary/aromatic N) is 2. The average molecular weight is 450 g/mol. The molecule has 0 saturated heterocycles. The fraction of sp³-hybridized carbons (Fsp3) is 0.208. The zero-order valence-electron chi connectivity index (χ0n) is 18.1. The second-order valence-electron chi connectivity index (χ2n) is 8.61. The molecule has 3 aromatic heterocycles. The van der Waals surface area contributed by atoms with Crippen molar-refractivity contribution in [3.8, 4) is 22.4 Å². The molecule has 164 valence electrons. The summed E-state index contributed by atoms with van der Waals surface area (Å²) in [6.45, 7) is 6.99. The van der Waals surface area contributed by atoms with Crippen LogP contribution < -0.4 is 10.0 Å². The lowest BCUT2D eigenvalue weighted by Gasteiger charge is -2.17. The maximum atomic E-state index is 13.5. The molecule has 1 amide bonds. The molecule has 0 fully saturated rings. The number of pyridine rings is 2. The van der Waals surface area contributed by atoms with Crippen molar-refractivity contribution < 1.29 is 9.18 Å². The molecule has 0 aliphatic rings. The molecule has 0 atom stereocenters. The van der Waals surface area contributed by atoms with Gasteiger partial charge in [0.25, 0.3) is 5.24 Å². The van der Waals surface area contributed by atoms with E-state index in [1.165, 1.54) is 12.1 Å². The lowest BCUT2D eigenvalue weighted by molar-refractivity contribution is 0.269. The Bertz CT molecular complexity index is 1230. The Hall–Kier alpha value is -3.23. The van der Waals surface area contributed by atoms with Gasteiger partial charge in [0.2, 0.25) is 0 Å². The number of halogens is 1. The van der Waals surface area contributed by atoms with Gasteiger partial charge in [-0.25, -0.2) is 9.37 Å². The van der Waals surface area contributed by atoms with E-state index in [1.54, 1.807) is 30.6 Å². The van der Waals surface area contributed by atoms with Crippen LogP contribution in [0.15, 0.2) is 60.9 Å². The molecule has 0 saturated carbocycles. The highest BCUT2D eigenvalue weighted by Crippen LogP contribution is 2.38. The number of amides is 1. The van der Waals surface area contributed by atoms with Gasteiger partial charge in [0, 0.05) is 41.8 Å². The van der Waals surface area contributed by atoms with Crippen molar-refractivity contribution in [1.29, 1.82) is 0 Å². The highest BCUT2D eigenvalue weighted by Gasteiger charge is 2.17. The Balaban J connectivity index is 1.66. The maximum Gasteiger partial charge on any atom is 0.299 e. The number of H-pyrrole nitrogens is 1. The van der Waals surface area contributed by atoms with Gasteiger partial charge in [-0.1, -0.05) is 20.8 Å². The van der Waals surface area contributed by atoms with Crippen LogP contribution in [-0.4, -0.2) is 26.7 Å². The molecule has 0 radical (unpaired) electrons. The number of aromatic amines is 1. The molecule has 3 heterocycles. The topological polar surface area (TPSA) is 82.7 Å². The molecule has 0 spiro atoms. The third kappa shape index (κ3) is 5.15. The normalized spacial score (nSPS) is 11.6. The van der Waals surface area contributed by atoms with Gasteiger partial charge in [0.1, 0.15) is 17.3 Å². The summed E-state index contributed by atoms with van der Waals surface area (Å²) in [5.74, 6) is 0.150. The first kappa shape index (κ1) is 22.0. The molecule has 0 unspecified atom stereocenters. The van der Waals surface area contributed by atoms with Crippen LogP contribution in [0.4, 0.5) is 15.0 Å². The molecule has 3 N–H and O–H groups in total. The fourth-order valence-electron chi connectivity index (χ4n) is 3.24. The van der Waals surface area contributed by atoms with E-state index in [0.717, 1.165) is 39.7 Å². The van der Waals surface area contributed by atoms with Crippen LogP contribution in [0.25, 0.3) is 33.4 Å². The Morgan fingerprint density at radius 1 is 1.03 bits per heavy atom. The molecule has 32 heavy (non-hydrogen) atoms. The summed E-state index contributed by atoms with van der Waals surface area (Å²) >= 11 is 1.01. The van der Waals surface area contributed by atoms with Crippen LogP contribution in [0.5, 0.6) is 0 Å². The van der Waals surface area contributed by atoms with Crippen molar-refractivity contribution in [3.63, 3.8) is 0 Å². The molecule has 4 aromatic rings. The molecule has 1 aromatic carbocycles. The summed E-state index contributed by atoms with van der Waals surface area (Å²) in [4.78, 5) is 24.3. The summed E-state index contributed by atoms with van der Waals surface area (Å²) in [6.07, 6.45) is 3.46. The molecule has 0 aliphatic heterocycles. The predicted molar refractivity (Wildman–Crippen MR) is 129 cm³/mol. The summed E-state index contributed by atoms with van der Waals surface area (Å²) < 4.78 is 16.6. The summed E-state index contributed by atoms with van der Waals surface area (Å²) in [5, 5.41) is 3.47. The van der Waals surface area contributed by atoms with E-state index in [2.05, 4.69) is 45.8 Å². The Morgan fingerprint density at radius 2 is 1.75 bits per heavy atom. The molecular formula is C24H24FN5OS. The first-order chi connectivity index (χ1) is 15.3. The lowest BCUT2D eigenvalue weighted by Crippen LogP contribution is -2.24. The van der Waals surface area contributed by atoms with E-state index in [-0.39, 0.29) is 16.5 Å². The second-order valence-corrected chi connectivity index (χ2v) is 9.47. The van der Waals surface area contributed by atoms with E-state index in [1.807, 2.05) is 18.2 Å². The van der Waals surface area contributed by atoms with Gasteiger partial charge < -0.3 is 10.3 Å². The first-order valence-electron chi connectivity index (χ1n) is 10.2. The Labute approximate surface area is 190 Å². The predicted octanol–water partition coefficient (Wildman–Crippen LogP) is 6.25. The second kappa shape index (κ2) is 9.10. The van der Waals surface area contributed by atoms with Crippen molar-refractivity contribution in [2.45, 2.75) is 20.8 Å². The number of fused-ring (bicyclic) bond motifs is 1. The van der Waals surface area contributed by atoms with Crippen LogP contribution >= 0.6 is 11.9 Å². The molecular weight excluding hydrogens is 425 g/mol. The summed E-state index contributed by atoms with van der Waals surface area (Å²) in [6, 6.07) is 13.8. The van der Waals surface area contributed by atoms with Crippen LogP contribution in [0, 0.1) is 11.2 Å². The minimum absolute atomic E-state index is 0.0782. The van der Waals surface area contributed by atoms with Crippen LogP contribution in [0.1, 0.15) is 20.8 Å². The number of hydrogen-bond acceptors (Lipinski definition) is 5. The monoisotopic (exact) mass is 449 g/mol. The van der Waals surface area contributed by atoms with E-state index in [9.17, 15) is 9.18 Å². The van der Waals surface area contributed by atoms with E-state index in [0.29, 0.717) is 18.0 Å². The van der Waals surface area contributed by atoms with Gasteiger partial charge in [-0.15, -0.1) is 0 Å². The number of aromatic nitrogens is 3. The highest BCUT2D eigenvalue weighted by atomic mass is 32.2. The minimum atomic E-state index is -0.295. The van der Waals surface area contributed by atoms with Crippen molar-refractivity contribution in [2.24, 2.45) is 5.41 Å². The number of nitrogens with one attached hydrogen (secondary N) is 3. The van der Waals surface area contributed by atoms with E-state index >= 15 is 0 Å². The zero-order chi connectivity index (χ0) is 22.7. The number of carbonyl (C=O) groups is 1. The lowest BCUT2D eigenvalue weighted by atomic mass is 9.98. The first-order valence-corrected chi connectivity index (χ1v) is 11.0. The van der Waals surface area contributed by atoms with Gasteiger partial charge in [-0.3, -0.25) is 14.5 Å². The van der Waals surface area contributed by atoms with Gasteiger partial charge in [0.05, 0.1) is 5.69 Å². The Kier molecular flexibility index (Phi) is 6.25. The van der Waals surface area contributed by atoms with Crippen LogP contribution in [0.3, 0.4) is 0 Å². The van der Waals surface area contributed by atoms with Crippen molar-refractivity contribution >= 4 is 34.0 Å². The number of anilines is 1. The van der Waals surface area contributed by atoms with Gasteiger partial charge in [-0.2, -0.15) is 0 Å². The molecule has 8 heteroatoms. The third-order valence-corrected chi connectivity index (χ3v) is 5.33. The Morgan fingerprint density at radius 3 is 2.44 bits per heavy atom. The minimum Gasteiger partial charge on any atom is -0.339 e. The smallest absolute Gasteiger partial charge is 0.299 e. The highest BCUT2D eigenvalue weighted by molar-refractivity contribution is 8.12. The SMILES string of the molecule is CC(C)(C)CNSC(=O)Nc1ccc2c(-c3ccncc3)c(-c3ccc(F)cc3)[nH]c2n1. The summed E-state index contributed by atoms with van der Waals surface area (Å²) in [7, 11) is 0. The third-order valence-electron chi connectivity index (χ3n) is 4.76. The van der Waals surface area contributed by atoms with Crippen molar-refractivity contribution in [2.75, 3.05) is 11.9 Å². The maximum absolute atomic E-state index is 13.5. The van der Waals surface area contributed by atoms with Crippen molar-refractivity contribution in [3.05, 3.63) is 66.7 Å². The van der Waals surface area contributed by atoms with Crippen LogP contribution in [-0.2, 0) is 0 Å². The molecule has 4 rings (SSSR count).